The third-order valence-corrected chi connectivity index (χ3v) is 4.23. The van der Waals surface area contributed by atoms with Gasteiger partial charge in [-0.1, -0.05) is 58.7 Å². The van der Waals surface area contributed by atoms with E-state index in [1.807, 2.05) is 30.3 Å². The van der Waals surface area contributed by atoms with Crippen molar-refractivity contribution < 1.29 is 4.39 Å². The van der Waals surface area contributed by atoms with Crippen LogP contribution in [0.15, 0.2) is 46.9 Å². The summed E-state index contributed by atoms with van der Waals surface area (Å²) in [6, 6.07) is 12.7. The Bertz CT molecular complexity index is 588. The number of benzene rings is 2. The van der Waals surface area contributed by atoms with E-state index in [4.69, 9.17) is 11.6 Å². The van der Waals surface area contributed by atoms with Crippen LogP contribution in [0, 0.1) is 5.82 Å². The molecule has 2 aromatic carbocycles. The standard InChI is InChI=1S/C16H16BrClFN/c1-2-20-16(9-11-5-3-4-6-15(11)18)13-8-7-12(19)10-14(13)17/h3-8,10,16,20H,2,9H2,1H3. The molecule has 0 radical (unpaired) electrons. The van der Waals surface area contributed by atoms with Gasteiger partial charge in [0, 0.05) is 15.5 Å². The molecule has 2 aromatic rings. The molecule has 0 saturated carbocycles. The fourth-order valence-corrected chi connectivity index (χ4v) is 3.05. The van der Waals surface area contributed by atoms with Gasteiger partial charge in [-0.15, -0.1) is 0 Å². The van der Waals surface area contributed by atoms with Gasteiger partial charge in [-0.25, -0.2) is 4.39 Å². The Morgan fingerprint density at radius 3 is 2.65 bits per heavy atom. The normalized spacial score (nSPS) is 12.4. The average Bonchev–Trinajstić information content (AvgIpc) is 2.41. The van der Waals surface area contributed by atoms with Gasteiger partial charge in [-0.3, -0.25) is 0 Å². The van der Waals surface area contributed by atoms with E-state index in [-0.39, 0.29) is 11.9 Å². The van der Waals surface area contributed by atoms with Gasteiger partial charge in [0.1, 0.15) is 5.82 Å². The molecule has 0 aliphatic carbocycles. The lowest BCUT2D eigenvalue weighted by Crippen LogP contribution is -2.23. The molecular weight excluding hydrogens is 341 g/mol. The van der Waals surface area contributed by atoms with Crippen LogP contribution in [0.5, 0.6) is 0 Å². The monoisotopic (exact) mass is 355 g/mol. The van der Waals surface area contributed by atoms with Crippen molar-refractivity contribution in [1.29, 1.82) is 0 Å². The number of hydrogen-bond donors (Lipinski definition) is 1. The first-order valence-corrected chi connectivity index (χ1v) is 7.70. The summed E-state index contributed by atoms with van der Waals surface area (Å²) < 4.78 is 14.0. The van der Waals surface area contributed by atoms with E-state index in [0.29, 0.717) is 0 Å². The Labute approximate surface area is 132 Å². The highest BCUT2D eigenvalue weighted by atomic mass is 79.9. The van der Waals surface area contributed by atoms with Crippen LogP contribution in [0.4, 0.5) is 4.39 Å². The van der Waals surface area contributed by atoms with Crippen LogP contribution in [0.2, 0.25) is 5.02 Å². The van der Waals surface area contributed by atoms with Crippen LogP contribution in [0.1, 0.15) is 24.1 Å². The minimum atomic E-state index is -0.242. The smallest absolute Gasteiger partial charge is 0.124 e. The second-order valence-corrected chi connectivity index (χ2v) is 5.83. The van der Waals surface area contributed by atoms with Crippen LogP contribution < -0.4 is 5.32 Å². The van der Waals surface area contributed by atoms with E-state index in [9.17, 15) is 4.39 Å². The van der Waals surface area contributed by atoms with Gasteiger partial charge in [0.15, 0.2) is 0 Å². The van der Waals surface area contributed by atoms with Gasteiger partial charge >= 0.3 is 0 Å². The first-order valence-electron chi connectivity index (χ1n) is 6.53. The molecule has 0 aromatic heterocycles. The number of halogens is 3. The van der Waals surface area contributed by atoms with Crippen LogP contribution in [0.25, 0.3) is 0 Å². The minimum absolute atomic E-state index is 0.0925. The Morgan fingerprint density at radius 1 is 1.25 bits per heavy atom. The average molecular weight is 357 g/mol. The highest BCUT2D eigenvalue weighted by Gasteiger charge is 2.16. The summed E-state index contributed by atoms with van der Waals surface area (Å²) in [7, 11) is 0. The molecule has 0 aliphatic heterocycles. The van der Waals surface area contributed by atoms with Gasteiger partial charge in [0.2, 0.25) is 0 Å². The fraction of sp³-hybridized carbons (Fsp3) is 0.250. The Kier molecular flexibility index (Phi) is 5.58. The second-order valence-electron chi connectivity index (χ2n) is 4.57. The van der Waals surface area contributed by atoms with Crippen molar-refractivity contribution in [3.05, 3.63) is 68.9 Å². The van der Waals surface area contributed by atoms with Crippen molar-refractivity contribution >= 4 is 27.5 Å². The lowest BCUT2D eigenvalue weighted by atomic mass is 9.98. The zero-order chi connectivity index (χ0) is 14.5. The lowest BCUT2D eigenvalue weighted by Gasteiger charge is -2.20. The molecule has 106 valence electrons. The zero-order valence-corrected chi connectivity index (χ0v) is 13.5. The number of likely N-dealkylation sites (N-methyl/N-ethyl adjacent to an activating group) is 1. The summed E-state index contributed by atoms with van der Waals surface area (Å²) in [5, 5.41) is 4.18. The molecule has 0 aliphatic rings. The topological polar surface area (TPSA) is 12.0 Å². The summed E-state index contributed by atoms with van der Waals surface area (Å²) in [5.41, 5.74) is 2.12. The molecule has 1 nitrogen and oxygen atoms in total. The van der Waals surface area contributed by atoms with Gasteiger partial charge in [-0.05, 0) is 42.3 Å². The minimum Gasteiger partial charge on any atom is -0.310 e. The first-order chi connectivity index (χ1) is 9.61. The molecule has 0 bridgehead atoms. The van der Waals surface area contributed by atoms with Crippen molar-refractivity contribution in [2.75, 3.05) is 6.54 Å². The molecule has 0 spiro atoms. The van der Waals surface area contributed by atoms with Crippen molar-refractivity contribution in [3.8, 4) is 0 Å². The van der Waals surface area contributed by atoms with Crippen molar-refractivity contribution in [1.82, 2.24) is 5.32 Å². The van der Waals surface area contributed by atoms with Crippen LogP contribution in [-0.2, 0) is 6.42 Å². The summed E-state index contributed by atoms with van der Waals surface area (Å²) in [6.45, 7) is 2.88. The summed E-state index contributed by atoms with van der Waals surface area (Å²) in [5.74, 6) is -0.242. The summed E-state index contributed by atoms with van der Waals surface area (Å²) in [6.07, 6.45) is 0.762. The van der Waals surface area contributed by atoms with Crippen LogP contribution in [-0.4, -0.2) is 6.54 Å². The van der Waals surface area contributed by atoms with E-state index in [0.717, 1.165) is 33.6 Å². The molecular formula is C16H16BrClFN. The highest BCUT2D eigenvalue weighted by Crippen LogP contribution is 2.29. The predicted molar refractivity (Wildman–Crippen MR) is 85.7 cm³/mol. The third-order valence-electron chi connectivity index (χ3n) is 3.17. The third kappa shape index (κ3) is 3.81. The maximum Gasteiger partial charge on any atom is 0.124 e. The predicted octanol–water partition coefficient (Wildman–Crippen LogP) is 5.13. The van der Waals surface area contributed by atoms with Crippen molar-refractivity contribution in [2.24, 2.45) is 0 Å². The molecule has 0 heterocycles. The van der Waals surface area contributed by atoms with Gasteiger partial charge < -0.3 is 5.32 Å². The summed E-state index contributed by atoms with van der Waals surface area (Å²) >= 11 is 9.66. The zero-order valence-electron chi connectivity index (χ0n) is 11.2. The van der Waals surface area contributed by atoms with Crippen LogP contribution in [0.3, 0.4) is 0 Å². The Hall–Kier alpha value is -0.900. The largest absolute Gasteiger partial charge is 0.310 e. The highest BCUT2D eigenvalue weighted by molar-refractivity contribution is 9.10. The molecule has 1 unspecified atom stereocenters. The fourth-order valence-electron chi connectivity index (χ4n) is 2.21. The maximum atomic E-state index is 13.2. The molecule has 0 amide bonds. The number of hydrogen-bond acceptors (Lipinski definition) is 1. The maximum absolute atomic E-state index is 13.2. The van der Waals surface area contributed by atoms with E-state index < -0.39 is 0 Å². The molecule has 4 heteroatoms. The molecule has 2 rings (SSSR count). The van der Waals surface area contributed by atoms with Gasteiger partial charge in [0.25, 0.3) is 0 Å². The Morgan fingerprint density at radius 2 is 2.00 bits per heavy atom. The molecule has 0 fully saturated rings. The summed E-state index contributed by atoms with van der Waals surface area (Å²) in [4.78, 5) is 0. The van der Waals surface area contributed by atoms with E-state index in [2.05, 4.69) is 28.2 Å². The molecule has 0 saturated heterocycles. The van der Waals surface area contributed by atoms with E-state index in [1.54, 1.807) is 0 Å². The second kappa shape index (κ2) is 7.21. The Balaban J connectivity index is 2.29. The molecule has 1 N–H and O–H groups in total. The molecule has 20 heavy (non-hydrogen) atoms. The van der Waals surface area contributed by atoms with Crippen molar-refractivity contribution in [3.63, 3.8) is 0 Å². The number of rotatable bonds is 5. The molecule has 1 atom stereocenters. The van der Waals surface area contributed by atoms with Gasteiger partial charge in [0.05, 0.1) is 0 Å². The van der Waals surface area contributed by atoms with E-state index in [1.165, 1.54) is 12.1 Å². The lowest BCUT2D eigenvalue weighted by molar-refractivity contribution is 0.545. The van der Waals surface area contributed by atoms with Crippen LogP contribution >= 0.6 is 27.5 Å². The quantitative estimate of drug-likeness (QED) is 0.782. The van der Waals surface area contributed by atoms with E-state index >= 15 is 0 Å². The first kappa shape index (κ1) is 15.5. The van der Waals surface area contributed by atoms with Gasteiger partial charge in [-0.2, -0.15) is 0 Å². The SMILES string of the molecule is CCNC(Cc1ccccc1Cl)c1ccc(F)cc1Br. The number of nitrogens with one attached hydrogen (secondary N) is 1. The van der Waals surface area contributed by atoms with Crippen molar-refractivity contribution in [2.45, 2.75) is 19.4 Å².